The van der Waals surface area contributed by atoms with E-state index in [2.05, 4.69) is 10.1 Å². The van der Waals surface area contributed by atoms with E-state index in [0.29, 0.717) is 42.8 Å². The summed E-state index contributed by atoms with van der Waals surface area (Å²) in [6.07, 6.45) is 1.73. The van der Waals surface area contributed by atoms with E-state index in [1.165, 1.54) is 0 Å². The molecule has 0 aliphatic carbocycles. The van der Waals surface area contributed by atoms with Gasteiger partial charge in [-0.25, -0.2) is 0 Å². The van der Waals surface area contributed by atoms with Gasteiger partial charge in [0.1, 0.15) is 0 Å². The van der Waals surface area contributed by atoms with Crippen LogP contribution in [-0.2, 0) is 9.59 Å². The number of carbonyl (C=O) groups excluding carboxylic acids is 2. The van der Waals surface area contributed by atoms with Gasteiger partial charge in [-0.2, -0.15) is 4.98 Å². The highest BCUT2D eigenvalue weighted by molar-refractivity contribution is 6.00. The summed E-state index contributed by atoms with van der Waals surface area (Å²) in [7, 11) is 3.17. The maximum Gasteiger partial charge on any atom is 0.230 e. The molecule has 36 heavy (non-hydrogen) atoms. The van der Waals surface area contributed by atoms with Gasteiger partial charge in [-0.15, -0.1) is 0 Å². The number of anilines is 1. The van der Waals surface area contributed by atoms with Gasteiger partial charge in [0.15, 0.2) is 11.5 Å². The van der Waals surface area contributed by atoms with E-state index in [-0.39, 0.29) is 30.1 Å². The molecule has 5 rings (SSSR count). The van der Waals surface area contributed by atoms with Crippen LogP contribution in [0.3, 0.4) is 0 Å². The Bertz CT molecular complexity index is 1250. The summed E-state index contributed by atoms with van der Waals surface area (Å²) in [6, 6.07) is 13.3. The zero-order valence-corrected chi connectivity index (χ0v) is 20.8. The largest absolute Gasteiger partial charge is 0.493 e. The number of amides is 2. The first-order valence-corrected chi connectivity index (χ1v) is 12.2. The molecule has 1 atom stereocenters. The van der Waals surface area contributed by atoms with Crippen molar-refractivity contribution < 1.29 is 23.6 Å². The molecule has 0 spiro atoms. The van der Waals surface area contributed by atoms with E-state index in [1.54, 1.807) is 19.1 Å². The molecule has 0 bridgehead atoms. The molecule has 0 saturated carbocycles. The van der Waals surface area contributed by atoms with Crippen molar-refractivity contribution in [1.29, 1.82) is 0 Å². The quantitative estimate of drug-likeness (QED) is 0.518. The number of nitrogens with zero attached hydrogens (tertiary/aromatic N) is 4. The fourth-order valence-electron chi connectivity index (χ4n) is 4.95. The van der Waals surface area contributed by atoms with Crippen molar-refractivity contribution in [2.24, 2.45) is 5.92 Å². The number of aryl methyl sites for hydroxylation is 1. The standard InChI is InChI=1S/C27H30N4O5/c1-17-4-7-21(8-5-17)31-16-20(15-24(31)32)27(33)30-12-10-18(11-13-30)26-28-25(29-36-26)19-6-9-22(34-2)23(14-19)35-3/h4-9,14,18,20H,10-13,15-16H2,1-3H3. The van der Waals surface area contributed by atoms with Crippen LogP contribution in [-0.4, -0.2) is 60.7 Å². The number of methoxy groups -OCH3 is 2. The van der Waals surface area contributed by atoms with Gasteiger partial charge in [0, 0.05) is 43.2 Å². The molecule has 2 amide bonds. The summed E-state index contributed by atoms with van der Waals surface area (Å²) in [4.78, 5) is 34.0. The highest BCUT2D eigenvalue weighted by Crippen LogP contribution is 2.34. The minimum atomic E-state index is -0.310. The summed E-state index contributed by atoms with van der Waals surface area (Å²) in [5, 5.41) is 4.15. The Balaban J connectivity index is 1.19. The summed E-state index contributed by atoms with van der Waals surface area (Å²) < 4.78 is 16.2. The zero-order chi connectivity index (χ0) is 25.2. The Morgan fingerprint density at radius 1 is 1.03 bits per heavy atom. The molecular formula is C27H30N4O5. The summed E-state index contributed by atoms with van der Waals surface area (Å²) in [5.74, 6) is 2.12. The molecule has 9 heteroatoms. The molecule has 2 aromatic carbocycles. The van der Waals surface area contributed by atoms with Crippen LogP contribution in [0.4, 0.5) is 5.69 Å². The Labute approximate surface area is 210 Å². The molecule has 1 aromatic heterocycles. The fraction of sp³-hybridized carbons (Fsp3) is 0.407. The number of benzene rings is 2. The normalized spacial score (nSPS) is 18.5. The van der Waals surface area contributed by atoms with Crippen LogP contribution in [0.5, 0.6) is 11.5 Å². The molecule has 0 N–H and O–H groups in total. The second kappa shape index (κ2) is 10.0. The lowest BCUT2D eigenvalue weighted by Crippen LogP contribution is -2.42. The number of likely N-dealkylation sites (tertiary alicyclic amines) is 1. The van der Waals surface area contributed by atoms with E-state index in [9.17, 15) is 9.59 Å². The van der Waals surface area contributed by atoms with Crippen LogP contribution < -0.4 is 14.4 Å². The van der Waals surface area contributed by atoms with Crippen molar-refractivity contribution in [2.45, 2.75) is 32.1 Å². The Morgan fingerprint density at radius 2 is 1.75 bits per heavy atom. The Kier molecular flexibility index (Phi) is 6.63. The van der Waals surface area contributed by atoms with Crippen LogP contribution in [0.15, 0.2) is 47.0 Å². The number of piperidine rings is 1. The summed E-state index contributed by atoms with van der Waals surface area (Å²) in [6.45, 7) is 3.65. The number of hydrogen-bond donors (Lipinski definition) is 0. The van der Waals surface area contributed by atoms with Crippen LogP contribution in [0, 0.1) is 12.8 Å². The third-order valence-corrected chi connectivity index (χ3v) is 7.06. The Morgan fingerprint density at radius 3 is 2.44 bits per heavy atom. The minimum Gasteiger partial charge on any atom is -0.493 e. The Hall–Kier alpha value is -3.88. The molecule has 1 unspecified atom stereocenters. The van der Waals surface area contributed by atoms with Gasteiger partial charge in [-0.05, 0) is 50.1 Å². The first kappa shape index (κ1) is 23.8. The third-order valence-electron chi connectivity index (χ3n) is 7.06. The maximum atomic E-state index is 13.2. The highest BCUT2D eigenvalue weighted by atomic mass is 16.5. The van der Waals surface area contributed by atoms with E-state index in [4.69, 9.17) is 14.0 Å². The van der Waals surface area contributed by atoms with Gasteiger partial charge >= 0.3 is 0 Å². The van der Waals surface area contributed by atoms with Crippen molar-refractivity contribution in [2.75, 3.05) is 38.8 Å². The van der Waals surface area contributed by atoms with Crippen LogP contribution in [0.25, 0.3) is 11.4 Å². The van der Waals surface area contributed by atoms with Crippen molar-refractivity contribution in [3.8, 4) is 22.9 Å². The lowest BCUT2D eigenvalue weighted by molar-refractivity contribution is -0.136. The molecule has 2 fully saturated rings. The summed E-state index contributed by atoms with van der Waals surface area (Å²) in [5.41, 5.74) is 2.76. The van der Waals surface area contributed by atoms with Gasteiger partial charge in [0.2, 0.25) is 23.5 Å². The first-order chi connectivity index (χ1) is 17.5. The predicted molar refractivity (Wildman–Crippen MR) is 133 cm³/mol. The fourth-order valence-corrected chi connectivity index (χ4v) is 4.95. The molecule has 9 nitrogen and oxygen atoms in total. The van der Waals surface area contributed by atoms with E-state index >= 15 is 0 Å². The van der Waals surface area contributed by atoms with Gasteiger partial charge in [-0.3, -0.25) is 9.59 Å². The zero-order valence-electron chi connectivity index (χ0n) is 20.8. The first-order valence-electron chi connectivity index (χ1n) is 12.2. The van der Waals surface area contributed by atoms with E-state index in [0.717, 1.165) is 29.7 Å². The van der Waals surface area contributed by atoms with Gasteiger partial charge in [0.25, 0.3) is 0 Å². The SMILES string of the molecule is COc1ccc(-c2noc(C3CCN(C(=O)C4CC(=O)N(c5ccc(C)cc5)C4)CC3)n2)cc1OC. The number of aromatic nitrogens is 2. The lowest BCUT2D eigenvalue weighted by atomic mass is 9.95. The maximum absolute atomic E-state index is 13.2. The van der Waals surface area contributed by atoms with Crippen LogP contribution in [0.2, 0.25) is 0 Å². The van der Waals surface area contributed by atoms with Crippen LogP contribution >= 0.6 is 0 Å². The monoisotopic (exact) mass is 490 g/mol. The molecule has 2 saturated heterocycles. The molecule has 0 radical (unpaired) electrons. The van der Waals surface area contributed by atoms with Crippen molar-refractivity contribution in [1.82, 2.24) is 15.0 Å². The molecule has 2 aliphatic rings. The van der Waals surface area contributed by atoms with E-state index < -0.39 is 0 Å². The molecule has 3 heterocycles. The second-order valence-electron chi connectivity index (χ2n) is 9.37. The average molecular weight is 491 g/mol. The summed E-state index contributed by atoms with van der Waals surface area (Å²) >= 11 is 0. The average Bonchev–Trinajstić information content (AvgIpc) is 3.56. The van der Waals surface area contributed by atoms with Gasteiger partial charge in [-0.1, -0.05) is 22.9 Å². The molecule has 3 aromatic rings. The van der Waals surface area contributed by atoms with Crippen molar-refractivity contribution in [3.05, 3.63) is 53.9 Å². The number of carbonyl (C=O) groups is 2. The van der Waals surface area contributed by atoms with Gasteiger partial charge in [0.05, 0.1) is 20.1 Å². The smallest absolute Gasteiger partial charge is 0.230 e. The number of rotatable bonds is 6. The number of ether oxygens (including phenoxy) is 2. The topological polar surface area (TPSA) is 98.0 Å². The highest BCUT2D eigenvalue weighted by Gasteiger charge is 2.38. The van der Waals surface area contributed by atoms with Crippen molar-refractivity contribution in [3.63, 3.8) is 0 Å². The second-order valence-corrected chi connectivity index (χ2v) is 9.37. The number of hydrogen-bond acceptors (Lipinski definition) is 7. The predicted octanol–water partition coefficient (Wildman–Crippen LogP) is 3.82. The molecule has 188 valence electrons. The van der Waals surface area contributed by atoms with Crippen molar-refractivity contribution >= 4 is 17.5 Å². The third kappa shape index (κ3) is 4.65. The lowest BCUT2D eigenvalue weighted by Gasteiger charge is -2.32. The molecular weight excluding hydrogens is 460 g/mol. The molecule has 2 aliphatic heterocycles. The van der Waals surface area contributed by atoms with Gasteiger partial charge < -0.3 is 23.8 Å². The van der Waals surface area contributed by atoms with Crippen LogP contribution in [0.1, 0.15) is 36.6 Å². The minimum absolute atomic E-state index is 0.000593. The van der Waals surface area contributed by atoms with E-state index in [1.807, 2.05) is 54.3 Å².